The fraction of sp³-hybridized carbons (Fsp3) is 0.171. The molecule has 0 saturated heterocycles. The number of benzene rings is 8. The van der Waals surface area contributed by atoms with Gasteiger partial charge in [0.05, 0.1) is 0 Å². The third kappa shape index (κ3) is 12.0. The molecule has 0 spiro atoms. The molecule has 0 aliphatic carbocycles. The van der Waals surface area contributed by atoms with Crippen LogP contribution in [0.3, 0.4) is 0 Å². The van der Waals surface area contributed by atoms with Gasteiger partial charge in [-0.2, -0.15) is 0 Å². The van der Waals surface area contributed by atoms with Crippen molar-refractivity contribution in [2.24, 2.45) is 0 Å². The summed E-state index contributed by atoms with van der Waals surface area (Å²) in [5, 5.41) is 0. The van der Waals surface area contributed by atoms with Crippen molar-refractivity contribution < 1.29 is 9.13 Å². The van der Waals surface area contributed by atoms with Crippen molar-refractivity contribution in [3.8, 4) is 89.0 Å². The number of aromatic nitrogens is 2. The Morgan fingerprint density at radius 1 is 0.194 bits per heavy atom. The largest absolute Gasteiger partial charge is 0.205 e. The lowest BCUT2D eigenvalue weighted by atomic mass is 9.85. The van der Waals surface area contributed by atoms with E-state index in [9.17, 15) is 0 Å². The van der Waals surface area contributed by atoms with Gasteiger partial charge in [0.1, 0.15) is 13.1 Å². The lowest BCUT2D eigenvalue weighted by Crippen LogP contribution is -2.32. The quantitative estimate of drug-likeness (QED) is 0.0501. The van der Waals surface area contributed by atoms with E-state index in [4.69, 9.17) is 0 Å². The van der Waals surface area contributed by atoms with Gasteiger partial charge in [0.15, 0.2) is 24.8 Å². The average molecular weight is 935 g/mol. The summed E-state index contributed by atoms with van der Waals surface area (Å²) in [6.45, 7) is 2.10. The highest BCUT2D eigenvalue weighted by Crippen LogP contribution is 2.45. The molecule has 0 saturated carbocycles. The van der Waals surface area contributed by atoms with Crippen LogP contribution >= 0.6 is 0 Å². The van der Waals surface area contributed by atoms with Gasteiger partial charge in [-0.25, -0.2) is 9.13 Å². The second-order valence-corrected chi connectivity index (χ2v) is 19.3. The molecule has 2 heteroatoms. The maximum atomic E-state index is 2.38. The first kappa shape index (κ1) is 47.7. The molecule has 2 heterocycles. The molecule has 0 atom stereocenters. The molecule has 354 valence electrons. The molecule has 0 unspecified atom stereocenters. The maximum absolute atomic E-state index is 2.38. The molecule has 0 aliphatic rings. The van der Waals surface area contributed by atoms with Gasteiger partial charge < -0.3 is 0 Å². The monoisotopic (exact) mass is 935 g/mol. The Balaban J connectivity index is 0.691. The third-order valence-electron chi connectivity index (χ3n) is 14.3. The fourth-order valence-corrected chi connectivity index (χ4v) is 10.4. The second kappa shape index (κ2) is 24.3. The van der Waals surface area contributed by atoms with Gasteiger partial charge in [-0.15, -0.1) is 0 Å². The SMILES string of the molecule is c1ccc(-c2cc(-c3ccccc3)c(-c3cc[n+](CCCCCCCCCCCC[n+]4ccc(-c5c(-c6ccccc6)cc(-c6ccccc6)cc5-c5ccccc5)cc4)cc3)c(-c3ccccc3)c2)cc1. The molecule has 0 aliphatic heterocycles. The van der Waals surface area contributed by atoms with Crippen molar-refractivity contribution in [3.05, 3.63) is 255 Å². The normalized spacial score (nSPS) is 11.2. The van der Waals surface area contributed by atoms with E-state index in [1.54, 1.807) is 0 Å². The van der Waals surface area contributed by atoms with E-state index in [1.165, 1.54) is 153 Å². The predicted octanol–water partition coefficient (Wildman–Crippen LogP) is 18.2. The molecule has 2 aromatic heterocycles. The topological polar surface area (TPSA) is 7.76 Å². The number of aryl methyl sites for hydroxylation is 2. The van der Waals surface area contributed by atoms with E-state index in [-0.39, 0.29) is 0 Å². The third-order valence-corrected chi connectivity index (χ3v) is 14.3. The van der Waals surface area contributed by atoms with Crippen LogP contribution in [0.2, 0.25) is 0 Å². The van der Waals surface area contributed by atoms with Crippen molar-refractivity contribution >= 4 is 0 Å². The van der Waals surface area contributed by atoms with Gasteiger partial charge in [-0.1, -0.05) is 221 Å². The summed E-state index contributed by atoms with van der Waals surface area (Å²) in [5.74, 6) is 0. The smallest absolute Gasteiger partial charge is 0.169 e. The number of unbranched alkanes of at least 4 members (excludes halogenated alkanes) is 9. The maximum Gasteiger partial charge on any atom is 0.169 e. The molecular formula is C70H66N2+2. The first-order valence-corrected chi connectivity index (χ1v) is 26.4. The van der Waals surface area contributed by atoms with Gasteiger partial charge in [0, 0.05) is 37.1 Å². The first-order valence-electron chi connectivity index (χ1n) is 26.4. The molecule has 0 bridgehead atoms. The molecule has 10 rings (SSSR count). The van der Waals surface area contributed by atoms with E-state index < -0.39 is 0 Å². The van der Waals surface area contributed by atoms with Crippen LogP contribution in [0.25, 0.3) is 89.0 Å². The standard InChI is InChI=1S/C70H66N2/c1(3-5-7-27-45-71-47-41-61(42-48-71)69-65(57-33-19-11-20-34-57)51-63(55-29-15-9-16-30-55)52-66(69)58-35-21-12-22-36-58)2-4-6-8-28-46-72-49-43-62(44-50-72)70-67(59-37-23-13-24-38-59)53-64(56-31-17-10-18-32-56)54-68(70)60-39-25-14-26-40-60/h9-26,29-44,47-54H,1-8,27-28,45-46H2/q+2. The van der Waals surface area contributed by atoms with Crippen molar-refractivity contribution in [1.82, 2.24) is 0 Å². The highest BCUT2D eigenvalue weighted by Gasteiger charge is 2.20. The molecule has 2 nitrogen and oxygen atoms in total. The Bertz CT molecular complexity index is 2880. The van der Waals surface area contributed by atoms with Gasteiger partial charge >= 0.3 is 0 Å². The minimum Gasteiger partial charge on any atom is -0.205 e. The van der Waals surface area contributed by atoms with Gasteiger partial charge in [-0.05, 0) is 126 Å². The molecule has 0 radical (unpaired) electrons. The number of hydrogen-bond acceptors (Lipinski definition) is 0. The Hall–Kier alpha value is -7.94. The lowest BCUT2D eigenvalue weighted by molar-refractivity contribution is -0.697. The number of hydrogen-bond donors (Lipinski definition) is 0. The average Bonchev–Trinajstić information content (AvgIpc) is 3.46. The summed E-state index contributed by atoms with van der Waals surface area (Å²) in [6, 6.07) is 83.8. The van der Waals surface area contributed by atoms with Crippen LogP contribution in [0.4, 0.5) is 0 Å². The van der Waals surface area contributed by atoms with Crippen LogP contribution < -0.4 is 9.13 Å². The van der Waals surface area contributed by atoms with Gasteiger partial charge in [0.2, 0.25) is 0 Å². The molecule has 8 aromatic carbocycles. The summed E-state index contributed by atoms with van der Waals surface area (Å²) in [4.78, 5) is 0. The Labute approximate surface area is 428 Å². The van der Waals surface area contributed by atoms with Crippen molar-refractivity contribution in [2.75, 3.05) is 0 Å². The van der Waals surface area contributed by atoms with Crippen molar-refractivity contribution in [3.63, 3.8) is 0 Å². The summed E-state index contributed by atoms with van der Waals surface area (Å²) in [5.41, 5.74) is 19.9. The zero-order valence-corrected chi connectivity index (χ0v) is 41.6. The van der Waals surface area contributed by atoms with E-state index >= 15 is 0 Å². The number of pyridine rings is 2. The van der Waals surface area contributed by atoms with Crippen LogP contribution in [0.5, 0.6) is 0 Å². The van der Waals surface area contributed by atoms with Crippen molar-refractivity contribution in [2.45, 2.75) is 77.3 Å². The zero-order valence-electron chi connectivity index (χ0n) is 41.6. The van der Waals surface area contributed by atoms with Gasteiger partial charge in [-0.3, -0.25) is 0 Å². The molecule has 10 aromatic rings. The minimum atomic E-state index is 1.05. The van der Waals surface area contributed by atoms with Gasteiger partial charge in [0.25, 0.3) is 0 Å². The Morgan fingerprint density at radius 3 is 0.667 bits per heavy atom. The highest BCUT2D eigenvalue weighted by molar-refractivity contribution is 5.99. The van der Waals surface area contributed by atoms with E-state index in [2.05, 4.69) is 264 Å². The molecule has 0 fully saturated rings. The summed E-state index contributed by atoms with van der Waals surface area (Å²) in [7, 11) is 0. The van der Waals surface area contributed by atoms with E-state index in [1.807, 2.05) is 0 Å². The zero-order chi connectivity index (χ0) is 48.6. The predicted molar refractivity (Wildman–Crippen MR) is 303 cm³/mol. The van der Waals surface area contributed by atoms with Crippen LogP contribution in [-0.4, -0.2) is 0 Å². The fourth-order valence-electron chi connectivity index (χ4n) is 10.4. The van der Waals surface area contributed by atoms with Crippen molar-refractivity contribution in [1.29, 1.82) is 0 Å². The molecule has 0 amide bonds. The van der Waals surface area contributed by atoms with Crippen LogP contribution in [0.15, 0.2) is 255 Å². The molecular weight excluding hydrogens is 869 g/mol. The molecule has 72 heavy (non-hydrogen) atoms. The second-order valence-electron chi connectivity index (χ2n) is 19.3. The Morgan fingerprint density at radius 2 is 0.417 bits per heavy atom. The lowest BCUT2D eigenvalue weighted by Gasteiger charge is -2.19. The Kier molecular flexibility index (Phi) is 16.1. The summed E-state index contributed by atoms with van der Waals surface area (Å²) < 4.78 is 4.74. The first-order chi connectivity index (χ1) is 35.7. The summed E-state index contributed by atoms with van der Waals surface area (Å²) >= 11 is 0. The van der Waals surface area contributed by atoms with Crippen LogP contribution in [0, 0.1) is 0 Å². The highest BCUT2D eigenvalue weighted by atomic mass is 14.9. The van der Waals surface area contributed by atoms with Crippen LogP contribution in [0.1, 0.15) is 64.2 Å². The molecule has 0 N–H and O–H groups in total. The minimum absolute atomic E-state index is 1.05. The van der Waals surface area contributed by atoms with E-state index in [0.29, 0.717) is 0 Å². The van der Waals surface area contributed by atoms with E-state index in [0.717, 1.165) is 13.1 Å². The van der Waals surface area contributed by atoms with Crippen LogP contribution in [-0.2, 0) is 13.1 Å². The number of rotatable bonds is 21. The summed E-state index contributed by atoms with van der Waals surface area (Å²) in [6.07, 6.45) is 22.1. The number of nitrogens with zero attached hydrogens (tertiary/aromatic N) is 2.